The van der Waals surface area contributed by atoms with E-state index in [0.29, 0.717) is 38.3 Å². The minimum Gasteiger partial charge on any atom is -0.484 e. The van der Waals surface area contributed by atoms with E-state index in [2.05, 4.69) is 0 Å². The maximum atomic E-state index is 12.8. The summed E-state index contributed by atoms with van der Waals surface area (Å²) in [5.41, 5.74) is 5.86. The zero-order valence-electron chi connectivity index (χ0n) is 13.9. The molecule has 1 fully saturated rings. The Morgan fingerprint density at radius 3 is 2.33 bits per heavy atom. The molecule has 7 heteroatoms. The van der Waals surface area contributed by atoms with Crippen molar-refractivity contribution in [1.29, 1.82) is 0 Å². The monoisotopic (exact) mass is 337 g/mol. The lowest BCUT2D eigenvalue weighted by molar-refractivity contribution is -0.141. The van der Waals surface area contributed by atoms with Gasteiger partial charge in [-0.25, -0.2) is 4.39 Å². The van der Waals surface area contributed by atoms with E-state index in [9.17, 15) is 14.0 Å². The maximum absolute atomic E-state index is 12.8. The predicted molar refractivity (Wildman–Crippen MR) is 87.9 cm³/mol. The number of piperazine rings is 1. The Labute approximate surface area is 141 Å². The summed E-state index contributed by atoms with van der Waals surface area (Å²) in [5.74, 6) is -0.101. The van der Waals surface area contributed by atoms with E-state index in [4.69, 9.17) is 10.5 Å². The van der Waals surface area contributed by atoms with Gasteiger partial charge in [0.05, 0.1) is 6.04 Å². The number of benzene rings is 1. The van der Waals surface area contributed by atoms with Crippen molar-refractivity contribution in [2.45, 2.75) is 25.8 Å². The fraction of sp³-hybridized carbons (Fsp3) is 0.529. The van der Waals surface area contributed by atoms with Gasteiger partial charge in [0.15, 0.2) is 6.61 Å². The molecule has 0 spiro atoms. The van der Waals surface area contributed by atoms with Gasteiger partial charge in [-0.1, -0.05) is 13.3 Å². The lowest BCUT2D eigenvalue weighted by atomic mass is 10.1. The molecule has 0 bridgehead atoms. The van der Waals surface area contributed by atoms with Crippen LogP contribution in [0.5, 0.6) is 5.75 Å². The van der Waals surface area contributed by atoms with Crippen LogP contribution in [0.1, 0.15) is 19.8 Å². The fourth-order valence-corrected chi connectivity index (χ4v) is 2.61. The van der Waals surface area contributed by atoms with Crippen molar-refractivity contribution in [3.8, 4) is 5.75 Å². The van der Waals surface area contributed by atoms with E-state index >= 15 is 0 Å². The molecule has 1 atom stereocenters. The smallest absolute Gasteiger partial charge is 0.260 e. The molecule has 2 amide bonds. The Hall–Kier alpha value is -2.15. The molecule has 132 valence electrons. The predicted octanol–water partition coefficient (Wildman–Crippen LogP) is 1.00. The second-order valence-corrected chi connectivity index (χ2v) is 5.84. The molecule has 6 nitrogen and oxygen atoms in total. The highest BCUT2D eigenvalue weighted by atomic mass is 19.1. The van der Waals surface area contributed by atoms with Gasteiger partial charge in [-0.05, 0) is 30.7 Å². The van der Waals surface area contributed by atoms with E-state index < -0.39 is 6.04 Å². The number of nitrogens with two attached hydrogens (primary N) is 1. The third-order valence-electron chi connectivity index (χ3n) is 4.04. The largest absolute Gasteiger partial charge is 0.484 e. The first-order valence-electron chi connectivity index (χ1n) is 8.21. The summed E-state index contributed by atoms with van der Waals surface area (Å²) < 4.78 is 18.2. The Balaban J connectivity index is 1.76. The van der Waals surface area contributed by atoms with Crippen LogP contribution < -0.4 is 10.5 Å². The lowest BCUT2D eigenvalue weighted by Crippen LogP contribution is -2.54. The maximum Gasteiger partial charge on any atom is 0.260 e. The summed E-state index contributed by atoms with van der Waals surface area (Å²) in [6.07, 6.45) is 1.54. The van der Waals surface area contributed by atoms with E-state index in [-0.39, 0.29) is 24.2 Å². The van der Waals surface area contributed by atoms with Crippen LogP contribution in [0.25, 0.3) is 0 Å². The standard InChI is InChI=1S/C17H24FN3O3/c1-2-3-15(19)17(23)21-10-8-20(9-11-21)16(22)12-24-14-6-4-13(18)5-7-14/h4-7,15H,2-3,8-12,19H2,1H3. The first-order valence-corrected chi connectivity index (χ1v) is 8.21. The molecule has 2 rings (SSSR count). The molecule has 0 aromatic heterocycles. The molecule has 0 aliphatic carbocycles. The molecule has 1 heterocycles. The van der Waals surface area contributed by atoms with Gasteiger partial charge in [-0.15, -0.1) is 0 Å². The number of rotatable bonds is 6. The number of amides is 2. The Morgan fingerprint density at radius 2 is 1.75 bits per heavy atom. The van der Waals surface area contributed by atoms with Crippen molar-refractivity contribution in [1.82, 2.24) is 9.80 Å². The molecular formula is C17H24FN3O3. The van der Waals surface area contributed by atoms with Crippen molar-refractivity contribution < 1.29 is 18.7 Å². The molecule has 1 aromatic carbocycles. The van der Waals surface area contributed by atoms with Crippen molar-refractivity contribution >= 4 is 11.8 Å². The third-order valence-corrected chi connectivity index (χ3v) is 4.04. The van der Waals surface area contributed by atoms with Crippen LogP contribution in [0.4, 0.5) is 4.39 Å². The zero-order valence-corrected chi connectivity index (χ0v) is 13.9. The third kappa shape index (κ3) is 4.92. The number of hydrogen-bond donors (Lipinski definition) is 1. The normalized spacial score (nSPS) is 16.0. The van der Waals surface area contributed by atoms with Crippen LogP contribution in [0.15, 0.2) is 24.3 Å². The van der Waals surface area contributed by atoms with Crippen LogP contribution in [0.2, 0.25) is 0 Å². The number of carbonyl (C=O) groups is 2. The van der Waals surface area contributed by atoms with Crippen LogP contribution in [0, 0.1) is 5.82 Å². The molecule has 24 heavy (non-hydrogen) atoms. The van der Waals surface area contributed by atoms with Crippen molar-refractivity contribution in [3.63, 3.8) is 0 Å². The van der Waals surface area contributed by atoms with Gasteiger partial charge in [0, 0.05) is 26.2 Å². The SMILES string of the molecule is CCCC(N)C(=O)N1CCN(C(=O)COc2ccc(F)cc2)CC1. The van der Waals surface area contributed by atoms with Gasteiger partial charge < -0.3 is 20.3 Å². The second-order valence-electron chi connectivity index (χ2n) is 5.84. The quantitative estimate of drug-likeness (QED) is 0.840. The Bertz CT molecular complexity index is 557. The Kier molecular flexibility index (Phi) is 6.54. The fourth-order valence-electron chi connectivity index (χ4n) is 2.61. The Morgan fingerprint density at radius 1 is 1.17 bits per heavy atom. The van der Waals surface area contributed by atoms with Crippen molar-refractivity contribution in [3.05, 3.63) is 30.1 Å². The van der Waals surface area contributed by atoms with Gasteiger partial charge in [-0.3, -0.25) is 9.59 Å². The molecule has 1 saturated heterocycles. The molecule has 1 aromatic rings. The highest BCUT2D eigenvalue weighted by molar-refractivity contribution is 5.82. The molecule has 1 unspecified atom stereocenters. The number of hydrogen-bond acceptors (Lipinski definition) is 4. The van der Waals surface area contributed by atoms with Gasteiger partial charge in [0.2, 0.25) is 5.91 Å². The van der Waals surface area contributed by atoms with E-state index in [1.807, 2.05) is 6.92 Å². The van der Waals surface area contributed by atoms with Gasteiger partial charge in [0.1, 0.15) is 11.6 Å². The van der Waals surface area contributed by atoms with E-state index in [1.165, 1.54) is 24.3 Å². The highest BCUT2D eigenvalue weighted by Crippen LogP contribution is 2.12. The molecule has 1 aliphatic heterocycles. The van der Waals surface area contributed by atoms with E-state index in [1.54, 1.807) is 9.80 Å². The summed E-state index contributed by atoms with van der Waals surface area (Å²) in [4.78, 5) is 27.7. The molecule has 0 radical (unpaired) electrons. The van der Waals surface area contributed by atoms with E-state index in [0.717, 1.165) is 6.42 Å². The minimum atomic E-state index is -0.459. The first kappa shape index (κ1) is 18.2. The van der Waals surface area contributed by atoms with Gasteiger partial charge >= 0.3 is 0 Å². The number of carbonyl (C=O) groups excluding carboxylic acids is 2. The summed E-state index contributed by atoms with van der Waals surface area (Å²) in [5, 5.41) is 0. The summed E-state index contributed by atoms with van der Waals surface area (Å²) in [6, 6.07) is 5.06. The van der Waals surface area contributed by atoms with Crippen LogP contribution >= 0.6 is 0 Å². The van der Waals surface area contributed by atoms with Gasteiger partial charge in [0.25, 0.3) is 5.91 Å². The second kappa shape index (κ2) is 8.63. The molecule has 0 saturated carbocycles. The molecule has 1 aliphatic rings. The highest BCUT2D eigenvalue weighted by Gasteiger charge is 2.26. The topological polar surface area (TPSA) is 75.9 Å². The van der Waals surface area contributed by atoms with Crippen LogP contribution in [0.3, 0.4) is 0 Å². The summed E-state index contributed by atoms with van der Waals surface area (Å²) in [6.45, 7) is 3.79. The minimum absolute atomic E-state index is 0.0495. The number of ether oxygens (including phenoxy) is 1. The molecular weight excluding hydrogens is 313 g/mol. The average molecular weight is 337 g/mol. The number of nitrogens with zero attached hydrogens (tertiary/aromatic N) is 2. The average Bonchev–Trinajstić information content (AvgIpc) is 2.60. The molecule has 2 N–H and O–H groups in total. The summed E-state index contributed by atoms with van der Waals surface area (Å²) in [7, 11) is 0. The van der Waals surface area contributed by atoms with Crippen molar-refractivity contribution in [2.75, 3.05) is 32.8 Å². The van der Waals surface area contributed by atoms with Gasteiger partial charge in [-0.2, -0.15) is 0 Å². The zero-order chi connectivity index (χ0) is 17.5. The van der Waals surface area contributed by atoms with Crippen LogP contribution in [-0.2, 0) is 9.59 Å². The number of halogens is 1. The van der Waals surface area contributed by atoms with Crippen molar-refractivity contribution in [2.24, 2.45) is 5.73 Å². The first-order chi connectivity index (χ1) is 11.5. The summed E-state index contributed by atoms with van der Waals surface area (Å²) >= 11 is 0. The lowest BCUT2D eigenvalue weighted by Gasteiger charge is -2.35. The van der Waals surface area contributed by atoms with Crippen LogP contribution in [-0.4, -0.2) is 60.4 Å².